The minimum Gasteiger partial charge on any atom is -0.456 e. The SMILES string of the molecule is CC1(C)CCC(C)(C)c2cc3c(cc21)c1ccccc1n3-c1ccc2cc(-c3cc(-c4ccc5oc6ccccc6c5c4)c4oc5ccccc5c4c3)ccc2c1. The summed E-state index contributed by atoms with van der Waals surface area (Å²) in [5, 5.41) is 9.53. The summed E-state index contributed by atoms with van der Waals surface area (Å²) in [6.07, 6.45) is 2.40. The maximum atomic E-state index is 6.62. The third-order valence-electron chi connectivity index (χ3n) is 13.2. The first kappa shape index (κ1) is 32.6. The molecule has 3 heterocycles. The molecule has 57 heavy (non-hydrogen) atoms. The fourth-order valence-corrected chi connectivity index (χ4v) is 9.96. The van der Waals surface area contributed by atoms with Crippen LogP contribution in [0.1, 0.15) is 51.7 Å². The van der Waals surface area contributed by atoms with Crippen molar-refractivity contribution in [3.05, 3.63) is 163 Å². The van der Waals surface area contributed by atoms with E-state index in [0.29, 0.717) is 0 Å². The van der Waals surface area contributed by atoms with E-state index in [-0.39, 0.29) is 10.8 Å². The van der Waals surface area contributed by atoms with E-state index in [2.05, 4.69) is 166 Å². The van der Waals surface area contributed by atoms with Crippen LogP contribution in [-0.2, 0) is 10.8 Å². The predicted molar refractivity (Wildman–Crippen MR) is 239 cm³/mol. The Morgan fingerprint density at radius 1 is 0.421 bits per heavy atom. The van der Waals surface area contributed by atoms with Crippen molar-refractivity contribution < 1.29 is 8.83 Å². The van der Waals surface area contributed by atoms with Gasteiger partial charge in [-0.05, 0) is 135 Å². The van der Waals surface area contributed by atoms with E-state index < -0.39 is 0 Å². The number of rotatable bonds is 3. The molecule has 0 atom stereocenters. The normalized spacial score (nSPS) is 15.2. The Morgan fingerprint density at radius 2 is 1.04 bits per heavy atom. The number of benzene rings is 8. The van der Waals surface area contributed by atoms with Crippen LogP contribution < -0.4 is 0 Å². The first-order valence-electron chi connectivity index (χ1n) is 20.2. The molecule has 8 aromatic carbocycles. The number of aromatic nitrogens is 1. The van der Waals surface area contributed by atoms with Gasteiger partial charge in [0.25, 0.3) is 0 Å². The second-order valence-corrected chi connectivity index (χ2v) is 17.6. The standard InChI is InChI=1S/C54H41NO2/c1-53(2)23-24-54(3,4)46-31-48-42(30-45(46)53)38-11-5-8-14-47(38)55(48)37-21-19-32-25-33(17-18-34(32)26-37)36-28-41(52-44(29-36)40-13-7-10-16-50(40)57-52)35-20-22-51-43(27-35)39-12-6-9-15-49(39)56-51/h5-22,25-31H,23-24H2,1-4H3. The minimum absolute atomic E-state index is 0.131. The number of furan rings is 2. The fraction of sp³-hybridized carbons (Fsp3) is 0.148. The van der Waals surface area contributed by atoms with Crippen LogP contribution in [0.5, 0.6) is 0 Å². The second-order valence-electron chi connectivity index (χ2n) is 17.6. The summed E-state index contributed by atoms with van der Waals surface area (Å²) in [4.78, 5) is 0. The van der Waals surface area contributed by atoms with E-state index in [9.17, 15) is 0 Å². The van der Waals surface area contributed by atoms with Crippen LogP contribution in [0.4, 0.5) is 0 Å². The number of hydrogen-bond donors (Lipinski definition) is 0. The van der Waals surface area contributed by atoms with Crippen molar-refractivity contribution in [2.24, 2.45) is 0 Å². The molecule has 0 unspecified atom stereocenters. The van der Waals surface area contributed by atoms with Gasteiger partial charge in [-0.25, -0.2) is 0 Å². The van der Waals surface area contributed by atoms with Crippen LogP contribution in [0.15, 0.2) is 160 Å². The van der Waals surface area contributed by atoms with Crippen LogP contribution in [0.2, 0.25) is 0 Å². The fourth-order valence-electron chi connectivity index (χ4n) is 9.96. The van der Waals surface area contributed by atoms with E-state index in [4.69, 9.17) is 8.83 Å². The van der Waals surface area contributed by atoms with E-state index >= 15 is 0 Å². The van der Waals surface area contributed by atoms with Gasteiger partial charge >= 0.3 is 0 Å². The predicted octanol–water partition coefficient (Wildman–Crippen LogP) is 15.4. The molecule has 0 aliphatic heterocycles. The first-order valence-corrected chi connectivity index (χ1v) is 20.2. The molecule has 0 bridgehead atoms. The van der Waals surface area contributed by atoms with Crippen molar-refractivity contribution >= 4 is 76.5 Å². The van der Waals surface area contributed by atoms with Crippen molar-refractivity contribution in [3.8, 4) is 27.9 Å². The lowest BCUT2D eigenvalue weighted by molar-refractivity contribution is 0.332. The number of hydrogen-bond acceptors (Lipinski definition) is 2. The van der Waals surface area contributed by atoms with Crippen molar-refractivity contribution in [3.63, 3.8) is 0 Å². The molecule has 3 nitrogen and oxygen atoms in total. The van der Waals surface area contributed by atoms with Gasteiger partial charge in [0.2, 0.25) is 0 Å². The average molecular weight is 736 g/mol. The van der Waals surface area contributed by atoms with Crippen LogP contribution in [0.25, 0.3) is 104 Å². The van der Waals surface area contributed by atoms with Gasteiger partial charge in [-0.3, -0.25) is 0 Å². The highest BCUT2D eigenvalue weighted by atomic mass is 16.3. The van der Waals surface area contributed by atoms with E-state index in [1.54, 1.807) is 0 Å². The Bertz CT molecular complexity index is 3480. The summed E-state index contributed by atoms with van der Waals surface area (Å²) >= 11 is 0. The first-order chi connectivity index (χ1) is 27.7. The lowest BCUT2D eigenvalue weighted by Gasteiger charge is -2.42. The summed E-state index contributed by atoms with van der Waals surface area (Å²) < 4.78 is 15.3. The molecule has 3 heteroatoms. The average Bonchev–Trinajstić information content (AvgIpc) is 3.90. The zero-order valence-corrected chi connectivity index (χ0v) is 32.6. The zero-order valence-electron chi connectivity index (χ0n) is 32.6. The molecule has 12 rings (SSSR count). The van der Waals surface area contributed by atoms with Crippen LogP contribution >= 0.6 is 0 Å². The lowest BCUT2D eigenvalue weighted by Crippen LogP contribution is -2.33. The molecule has 0 spiro atoms. The van der Waals surface area contributed by atoms with E-state index in [1.807, 2.05) is 18.2 Å². The van der Waals surface area contributed by atoms with Crippen molar-refractivity contribution in [1.82, 2.24) is 4.57 Å². The van der Waals surface area contributed by atoms with E-state index in [0.717, 1.165) is 60.6 Å². The van der Waals surface area contributed by atoms with Crippen molar-refractivity contribution in [1.29, 1.82) is 0 Å². The Kier molecular flexibility index (Phi) is 6.58. The van der Waals surface area contributed by atoms with Crippen LogP contribution in [0, 0.1) is 0 Å². The topological polar surface area (TPSA) is 31.2 Å². The van der Waals surface area contributed by atoms with Gasteiger partial charge in [-0.1, -0.05) is 107 Å². The highest BCUT2D eigenvalue weighted by Crippen LogP contribution is 2.49. The zero-order chi connectivity index (χ0) is 38.2. The van der Waals surface area contributed by atoms with Crippen molar-refractivity contribution in [2.45, 2.75) is 51.4 Å². The largest absolute Gasteiger partial charge is 0.456 e. The van der Waals surface area contributed by atoms with Crippen LogP contribution in [0.3, 0.4) is 0 Å². The Morgan fingerprint density at radius 3 is 1.84 bits per heavy atom. The van der Waals surface area contributed by atoms with Gasteiger partial charge in [0.1, 0.15) is 22.3 Å². The monoisotopic (exact) mass is 735 g/mol. The third-order valence-corrected chi connectivity index (χ3v) is 13.2. The van der Waals surface area contributed by atoms with Gasteiger partial charge in [0.15, 0.2) is 0 Å². The molecule has 11 aromatic rings. The highest BCUT2D eigenvalue weighted by Gasteiger charge is 2.38. The molecule has 0 amide bonds. The molecule has 0 fully saturated rings. The molecular formula is C54H41NO2. The molecule has 1 aliphatic rings. The molecular weight excluding hydrogens is 695 g/mol. The van der Waals surface area contributed by atoms with Gasteiger partial charge in [-0.2, -0.15) is 0 Å². The van der Waals surface area contributed by atoms with E-state index in [1.165, 1.54) is 67.8 Å². The van der Waals surface area contributed by atoms with Crippen LogP contribution in [-0.4, -0.2) is 4.57 Å². The quantitative estimate of drug-likeness (QED) is 0.181. The Labute approximate surface area is 330 Å². The molecule has 0 saturated carbocycles. The number of nitrogens with zero attached hydrogens (tertiary/aromatic N) is 1. The molecule has 0 radical (unpaired) electrons. The molecule has 3 aromatic heterocycles. The summed E-state index contributed by atoms with van der Waals surface area (Å²) in [6.45, 7) is 9.68. The van der Waals surface area contributed by atoms with Gasteiger partial charge in [0.05, 0.1) is 11.0 Å². The summed E-state index contributed by atoms with van der Waals surface area (Å²) in [5.41, 5.74) is 15.1. The smallest absolute Gasteiger partial charge is 0.143 e. The summed E-state index contributed by atoms with van der Waals surface area (Å²) in [7, 11) is 0. The number of para-hydroxylation sites is 3. The lowest BCUT2D eigenvalue weighted by atomic mass is 9.63. The van der Waals surface area contributed by atoms with Crippen molar-refractivity contribution in [2.75, 3.05) is 0 Å². The van der Waals surface area contributed by atoms with Gasteiger partial charge < -0.3 is 13.4 Å². The molecule has 1 aliphatic carbocycles. The molecule has 0 saturated heterocycles. The Balaban J connectivity index is 1.02. The maximum Gasteiger partial charge on any atom is 0.143 e. The van der Waals surface area contributed by atoms with Gasteiger partial charge in [0, 0.05) is 43.6 Å². The second kappa shape index (κ2) is 11.5. The summed E-state index contributed by atoms with van der Waals surface area (Å²) in [5.74, 6) is 0. The third kappa shape index (κ3) is 4.78. The highest BCUT2D eigenvalue weighted by molar-refractivity contribution is 6.14. The number of fused-ring (bicyclic) bond motifs is 11. The maximum absolute atomic E-state index is 6.62. The van der Waals surface area contributed by atoms with Gasteiger partial charge in [-0.15, -0.1) is 0 Å². The summed E-state index contributed by atoms with van der Waals surface area (Å²) in [6, 6.07) is 55.5. The Hall–Kier alpha value is -6.58. The molecule has 0 N–H and O–H groups in total. The molecule has 274 valence electrons. The minimum atomic E-state index is 0.131.